The lowest BCUT2D eigenvalue weighted by atomic mass is 10.0. The number of Topliss-reactive ketones (excluding diaryl/α,β-unsaturated/α-hetero) is 1. The Morgan fingerprint density at radius 3 is 2.23 bits per heavy atom. The molecule has 0 aliphatic carbocycles. The average Bonchev–Trinajstić information content (AvgIpc) is 2.54. The maximum absolute atomic E-state index is 12.4. The van der Waals surface area contributed by atoms with E-state index in [4.69, 9.17) is 14.2 Å². The number of phenolic OH excluding ortho intramolecular Hbond substituents is 1. The molecule has 0 atom stereocenters. The molecule has 0 spiro atoms. The monoisotopic (exact) mass is 302 g/mol. The molecule has 0 saturated heterocycles. The zero-order chi connectivity index (χ0) is 16.1. The van der Waals surface area contributed by atoms with Gasteiger partial charge in [0, 0.05) is 12.5 Å². The zero-order valence-electron chi connectivity index (χ0n) is 12.8. The third-order valence-electron chi connectivity index (χ3n) is 3.30. The van der Waals surface area contributed by atoms with Crippen LogP contribution in [0.25, 0.3) is 0 Å². The topological polar surface area (TPSA) is 65.0 Å². The van der Waals surface area contributed by atoms with Crippen molar-refractivity contribution in [3.63, 3.8) is 0 Å². The van der Waals surface area contributed by atoms with Crippen molar-refractivity contribution in [2.24, 2.45) is 0 Å². The van der Waals surface area contributed by atoms with Gasteiger partial charge in [-0.05, 0) is 29.8 Å². The Morgan fingerprint density at radius 1 is 0.909 bits per heavy atom. The minimum Gasteiger partial charge on any atom is -0.508 e. The van der Waals surface area contributed by atoms with E-state index in [1.54, 1.807) is 32.4 Å². The molecule has 0 heterocycles. The van der Waals surface area contributed by atoms with Gasteiger partial charge in [0.1, 0.15) is 11.5 Å². The van der Waals surface area contributed by atoms with Crippen molar-refractivity contribution in [3.8, 4) is 23.0 Å². The van der Waals surface area contributed by atoms with E-state index in [-0.39, 0.29) is 18.0 Å². The lowest BCUT2D eigenvalue weighted by Crippen LogP contribution is -2.06. The van der Waals surface area contributed by atoms with Gasteiger partial charge in [-0.2, -0.15) is 0 Å². The summed E-state index contributed by atoms with van der Waals surface area (Å²) < 4.78 is 15.5. The maximum atomic E-state index is 12.4. The number of hydrogen-bond donors (Lipinski definition) is 1. The van der Waals surface area contributed by atoms with Gasteiger partial charge < -0.3 is 19.3 Å². The number of phenols is 1. The van der Waals surface area contributed by atoms with Crippen LogP contribution in [0.1, 0.15) is 15.9 Å². The summed E-state index contributed by atoms with van der Waals surface area (Å²) in [4.78, 5) is 12.4. The molecule has 0 bridgehead atoms. The molecule has 116 valence electrons. The smallest absolute Gasteiger partial charge is 0.170 e. The van der Waals surface area contributed by atoms with E-state index >= 15 is 0 Å². The van der Waals surface area contributed by atoms with Crippen molar-refractivity contribution in [2.75, 3.05) is 21.3 Å². The summed E-state index contributed by atoms with van der Waals surface area (Å²) in [7, 11) is 4.57. The van der Waals surface area contributed by atoms with Crippen LogP contribution in [-0.4, -0.2) is 32.2 Å². The number of carbonyl (C=O) groups is 1. The zero-order valence-corrected chi connectivity index (χ0v) is 12.8. The number of benzene rings is 2. The van der Waals surface area contributed by atoms with Crippen molar-refractivity contribution in [1.82, 2.24) is 0 Å². The molecular formula is C17H18O5. The van der Waals surface area contributed by atoms with Crippen molar-refractivity contribution < 1.29 is 24.1 Å². The molecule has 0 radical (unpaired) electrons. The normalized spacial score (nSPS) is 10.1. The van der Waals surface area contributed by atoms with E-state index < -0.39 is 0 Å². The van der Waals surface area contributed by atoms with Gasteiger partial charge in [-0.15, -0.1) is 0 Å². The molecule has 0 unspecified atom stereocenters. The number of carbonyl (C=O) groups excluding carboxylic acids is 1. The van der Waals surface area contributed by atoms with Gasteiger partial charge in [0.2, 0.25) is 0 Å². The number of methoxy groups -OCH3 is 3. The van der Waals surface area contributed by atoms with E-state index in [0.29, 0.717) is 22.8 Å². The highest BCUT2D eigenvalue weighted by molar-refractivity contribution is 6.00. The SMILES string of the molecule is COc1ccc(CC(=O)c2ccc(O)cc2OC)cc1OC. The van der Waals surface area contributed by atoms with Crippen LogP contribution in [-0.2, 0) is 6.42 Å². The molecule has 22 heavy (non-hydrogen) atoms. The fourth-order valence-corrected chi connectivity index (χ4v) is 2.18. The van der Waals surface area contributed by atoms with Crippen LogP contribution < -0.4 is 14.2 Å². The highest BCUT2D eigenvalue weighted by Gasteiger charge is 2.15. The predicted molar refractivity (Wildman–Crippen MR) is 82.2 cm³/mol. The van der Waals surface area contributed by atoms with E-state index in [0.717, 1.165) is 5.56 Å². The Bertz CT molecular complexity index is 679. The number of hydrogen-bond acceptors (Lipinski definition) is 5. The fraction of sp³-hybridized carbons (Fsp3) is 0.235. The number of ether oxygens (including phenoxy) is 3. The third kappa shape index (κ3) is 3.31. The second-order valence-electron chi connectivity index (χ2n) is 4.67. The van der Waals surface area contributed by atoms with Crippen molar-refractivity contribution in [3.05, 3.63) is 47.5 Å². The standard InChI is InChI=1S/C17H18O5/c1-20-15-7-4-11(9-17(15)22-3)8-14(19)13-6-5-12(18)10-16(13)21-2/h4-7,9-10,18H,8H2,1-3H3. The first-order valence-corrected chi connectivity index (χ1v) is 6.70. The molecule has 0 aromatic heterocycles. The first-order valence-electron chi connectivity index (χ1n) is 6.70. The highest BCUT2D eigenvalue weighted by atomic mass is 16.5. The van der Waals surface area contributed by atoms with E-state index in [2.05, 4.69) is 0 Å². The van der Waals surface area contributed by atoms with Gasteiger partial charge in [0.05, 0.1) is 26.9 Å². The quantitative estimate of drug-likeness (QED) is 0.831. The lowest BCUT2D eigenvalue weighted by Gasteiger charge is -2.11. The Labute approximate surface area is 129 Å². The summed E-state index contributed by atoms with van der Waals surface area (Å²) >= 11 is 0. The molecule has 0 aliphatic heterocycles. The van der Waals surface area contributed by atoms with Crippen LogP contribution in [0.15, 0.2) is 36.4 Å². The predicted octanol–water partition coefficient (Wildman–Crippen LogP) is 2.84. The molecule has 0 saturated carbocycles. The average molecular weight is 302 g/mol. The largest absolute Gasteiger partial charge is 0.508 e. The van der Waals surface area contributed by atoms with Crippen molar-refractivity contribution >= 4 is 5.78 Å². The lowest BCUT2D eigenvalue weighted by molar-refractivity contribution is 0.0990. The molecule has 2 aromatic carbocycles. The van der Waals surface area contributed by atoms with Crippen LogP contribution in [0.2, 0.25) is 0 Å². The number of rotatable bonds is 6. The van der Waals surface area contributed by atoms with Gasteiger partial charge >= 0.3 is 0 Å². The molecule has 2 aromatic rings. The number of aromatic hydroxyl groups is 1. The Balaban J connectivity index is 2.25. The Morgan fingerprint density at radius 2 is 1.59 bits per heavy atom. The summed E-state index contributed by atoms with van der Waals surface area (Å²) in [6.07, 6.45) is 0.196. The molecule has 5 nitrogen and oxygen atoms in total. The van der Waals surface area contributed by atoms with Gasteiger partial charge in [0.25, 0.3) is 0 Å². The van der Waals surface area contributed by atoms with Crippen LogP contribution in [0, 0.1) is 0 Å². The van der Waals surface area contributed by atoms with E-state index in [1.807, 2.05) is 6.07 Å². The molecule has 0 amide bonds. The third-order valence-corrected chi connectivity index (χ3v) is 3.30. The fourth-order valence-electron chi connectivity index (χ4n) is 2.18. The van der Waals surface area contributed by atoms with Crippen LogP contribution >= 0.6 is 0 Å². The Hall–Kier alpha value is -2.69. The first-order chi connectivity index (χ1) is 10.6. The van der Waals surface area contributed by atoms with E-state index in [9.17, 15) is 9.90 Å². The molecule has 5 heteroatoms. The minimum absolute atomic E-state index is 0.0551. The molecule has 1 N–H and O–H groups in total. The van der Waals surface area contributed by atoms with Crippen LogP contribution in [0.5, 0.6) is 23.0 Å². The second-order valence-corrected chi connectivity index (χ2v) is 4.67. The van der Waals surface area contributed by atoms with Crippen molar-refractivity contribution in [2.45, 2.75) is 6.42 Å². The second kappa shape index (κ2) is 6.85. The molecular weight excluding hydrogens is 284 g/mol. The summed E-state index contributed by atoms with van der Waals surface area (Å²) in [5.74, 6) is 1.49. The highest BCUT2D eigenvalue weighted by Crippen LogP contribution is 2.29. The van der Waals surface area contributed by atoms with Gasteiger partial charge in [0.15, 0.2) is 17.3 Å². The van der Waals surface area contributed by atoms with Crippen LogP contribution in [0.3, 0.4) is 0 Å². The minimum atomic E-state index is -0.107. The van der Waals surface area contributed by atoms with Crippen molar-refractivity contribution in [1.29, 1.82) is 0 Å². The molecule has 0 aliphatic rings. The number of ketones is 1. The van der Waals surface area contributed by atoms with E-state index in [1.165, 1.54) is 19.2 Å². The van der Waals surface area contributed by atoms with Gasteiger partial charge in [-0.25, -0.2) is 0 Å². The summed E-state index contributed by atoms with van der Waals surface area (Å²) in [5, 5.41) is 9.44. The summed E-state index contributed by atoms with van der Waals surface area (Å²) in [5.41, 5.74) is 1.23. The van der Waals surface area contributed by atoms with Crippen LogP contribution in [0.4, 0.5) is 0 Å². The molecule has 2 rings (SSSR count). The van der Waals surface area contributed by atoms with Gasteiger partial charge in [-0.1, -0.05) is 6.07 Å². The Kier molecular flexibility index (Phi) is 4.88. The maximum Gasteiger partial charge on any atom is 0.170 e. The summed E-state index contributed by atoms with van der Waals surface area (Å²) in [6.45, 7) is 0. The first kappa shape index (κ1) is 15.7. The molecule has 0 fully saturated rings. The van der Waals surface area contributed by atoms with Gasteiger partial charge in [-0.3, -0.25) is 4.79 Å². The summed E-state index contributed by atoms with van der Waals surface area (Å²) in [6, 6.07) is 9.77.